The summed E-state index contributed by atoms with van der Waals surface area (Å²) in [6.07, 6.45) is 41.6. The van der Waals surface area contributed by atoms with E-state index < -0.39 is 51.1 Å². The number of nitrogens with two attached hydrogens (primary N) is 1. The molecule has 0 radical (unpaired) electrons. The van der Waals surface area contributed by atoms with Crippen LogP contribution in [0, 0.1) is 0 Å². The number of phosphoric acid groups is 1. The van der Waals surface area contributed by atoms with E-state index in [2.05, 4.69) is 18.0 Å². The maximum absolute atomic E-state index is 12.7. The predicted octanol–water partition coefficient (Wildman–Crippen LogP) is 12.8. The summed E-state index contributed by atoms with van der Waals surface area (Å²) in [7, 11) is -4.71. The van der Waals surface area contributed by atoms with Crippen molar-refractivity contribution >= 4 is 25.7 Å². The van der Waals surface area contributed by atoms with E-state index in [1.807, 2.05) is 6.08 Å². The smallest absolute Gasteiger partial charge is 0.472 e. The number of ether oxygens (including phenoxy) is 2. The van der Waals surface area contributed by atoms with E-state index in [4.69, 9.17) is 24.8 Å². The van der Waals surface area contributed by atoms with E-state index in [0.29, 0.717) is 12.8 Å². The number of hydrogen-bond donors (Lipinski definition) is 3. The van der Waals surface area contributed by atoms with Gasteiger partial charge in [0, 0.05) is 12.8 Å². The van der Waals surface area contributed by atoms with Gasteiger partial charge < -0.3 is 25.2 Å². The Morgan fingerprint density at radius 3 is 1.28 bits per heavy atom. The predicted molar refractivity (Wildman–Crippen MR) is 236 cm³/mol. The molecule has 0 spiro atoms. The van der Waals surface area contributed by atoms with Gasteiger partial charge in [-0.05, 0) is 25.7 Å². The Labute approximate surface area is 354 Å². The van der Waals surface area contributed by atoms with Gasteiger partial charge in [0.25, 0.3) is 0 Å². The molecule has 0 heterocycles. The van der Waals surface area contributed by atoms with Gasteiger partial charge in [-0.3, -0.25) is 23.4 Å². The fraction of sp³-hybridized carbons (Fsp3) is 0.891. The molecule has 58 heavy (non-hydrogen) atoms. The summed E-state index contributed by atoms with van der Waals surface area (Å²) in [5.74, 6) is -2.36. The summed E-state index contributed by atoms with van der Waals surface area (Å²) < 4.78 is 32.8. The van der Waals surface area contributed by atoms with Gasteiger partial charge in [0.2, 0.25) is 0 Å². The standard InChI is InChI=1S/C46H88NO10P/c1-3-5-7-9-11-13-15-17-19-20-21-22-24-26-28-30-32-34-36-38-45(49)57-42(40-55-58(52,53)56-41-43(47)46(50)51)39-54-44(48)37-35-33-31-29-27-25-23-18-16-14-12-10-8-6-4-2/h4,42-43H,2-3,5-41,47H2,1H3,(H,50,51)(H,52,53)/t42-,43+/m1/s1. The first-order valence-corrected chi connectivity index (χ1v) is 25.2. The van der Waals surface area contributed by atoms with Gasteiger partial charge in [-0.2, -0.15) is 0 Å². The lowest BCUT2D eigenvalue weighted by atomic mass is 10.0. The molecule has 4 N–H and O–H groups in total. The highest BCUT2D eigenvalue weighted by Gasteiger charge is 2.28. The Hall–Kier alpha value is -1.78. The highest BCUT2D eigenvalue weighted by Crippen LogP contribution is 2.43. The number of phosphoric ester groups is 1. The number of carboxylic acids is 1. The molecule has 0 aromatic heterocycles. The van der Waals surface area contributed by atoms with E-state index in [9.17, 15) is 23.8 Å². The third-order valence-corrected chi connectivity index (χ3v) is 11.6. The van der Waals surface area contributed by atoms with Crippen LogP contribution in [0.25, 0.3) is 0 Å². The maximum atomic E-state index is 12.7. The fourth-order valence-electron chi connectivity index (χ4n) is 6.93. The summed E-state index contributed by atoms with van der Waals surface area (Å²) in [6, 6.07) is -1.52. The molecule has 11 nitrogen and oxygen atoms in total. The van der Waals surface area contributed by atoms with E-state index >= 15 is 0 Å². The van der Waals surface area contributed by atoms with E-state index in [1.54, 1.807) is 0 Å². The molecule has 0 aliphatic rings. The molecule has 0 bridgehead atoms. The number of hydrogen-bond acceptors (Lipinski definition) is 9. The SMILES string of the molecule is C=CCCCCCCCCCCCCCCCC(=O)OC[C@H](COP(=O)(O)OC[C@H](N)C(=O)O)OC(=O)CCCCCCCCCCCCCCCCCCCCC. The van der Waals surface area contributed by atoms with Crippen LogP contribution in [0.2, 0.25) is 0 Å². The number of carbonyl (C=O) groups excluding carboxylic acids is 2. The lowest BCUT2D eigenvalue weighted by Crippen LogP contribution is -2.34. The third-order valence-electron chi connectivity index (χ3n) is 10.7. The molecule has 0 aromatic carbocycles. The first-order chi connectivity index (χ1) is 28.1. The topological polar surface area (TPSA) is 172 Å². The largest absolute Gasteiger partial charge is 0.480 e. The zero-order valence-electron chi connectivity index (χ0n) is 37.0. The lowest BCUT2D eigenvalue weighted by Gasteiger charge is -2.20. The zero-order chi connectivity index (χ0) is 42.8. The Morgan fingerprint density at radius 2 is 0.897 bits per heavy atom. The molecule has 0 aliphatic heterocycles. The molecule has 0 amide bonds. The van der Waals surface area contributed by atoms with Crippen molar-refractivity contribution in [2.75, 3.05) is 19.8 Å². The van der Waals surface area contributed by atoms with Crippen molar-refractivity contribution < 1.29 is 47.5 Å². The van der Waals surface area contributed by atoms with Crippen molar-refractivity contribution in [3.05, 3.63) is 12.7 Å². The first-order valence-electron chi connectivity index (χ1n) is 23.7. The monoisotopic (exact) mass is 846 g/mol. The van der Waals surface area contributed by atoms with Crippen LogP contribution in [0.15, 0.2) is 12.7 Å². The number of rotatable bonds is 46. The van der Waals surface area contributed by atoms with Gasteiger partial charge in [0.15, 0.2) is 6.10 Å². The summed E-state index contributed by atoms with van der Waals surface area (Å²) in [5.41, 5.74) is 5.34. The van der Waals surface area contributed by atoms with Crippen molar-refractivity contribution in [3.63, 3.8) is 0 Å². The lowest BCUT2D eigenvalue weighted by molar-refractivity contribution is -0.161. The van der Waals surface area contributed by atoms with Crippen molar-refractivity contribution in [3.8, 4) is 0 Å². The van der Waals surface area contributed by atoms with Crippen LogP contribution < -0.4 is 5.73 Å². The van der Waals surface area contributed by atoms with Crippen molar-refractivity contribution in [1.82, 2.24) is 0 Å². The number of aliphatic carboxylic acids is 1. The van der Waals surface area contributed by atoms with Gasteiger partial charge in [0.1, 0.15) is 12.6 Å². The van der Waals surface area contributed by atoms with Crippen LogP contribution >= 0.6 is 7.82 Å². The number of allylic oxidation sites excluding steroid dienone is 1. The Kier molecular flexibility index (Phi) is 40.6. The molecule has 3 atom stereocenters. The highest BCUT2D eigenvalue weighted by atomic mass is 31.2. The van der Waals surface area contributed by atoms with Gasteiger partial charge in [-0.15, -0.1) is 6.58 Å². The van der Waals surface area contributed by atoms with Gasteiger partial charge >= 0.3 is 25.7 Å². The third kappa shape index (κ3) is 41.0. The molecule has 0 aromatic rings. The normalized spacial score (nSPS) is 13.5. The minimum Gasteiger partial charge on any atom is -0.480 e. The quantitative estimate of drug-likeness (QED) is 0.0230. The first kappa shape index (κ1) is 56.2. The molecule has 342 valence electrons. The Bertz CT molecular complexity index is 1030. The minimum atomic E-state index is -4.71. The average molecular weight is 846 g/mol. The number of carbonyl (C=O) groups is 3. The summed E-state index contributed by atoms with van der Waals surface area (Å²) in [6.45, 7) is 4.37. The van der Waals surface area contributed by atoms with Crippen LogP contribution in [-0.2, 0) is 37.5 Å². The van der Waals surface area contributed by atoms with Gasteiger partial charge in [-0.1, -0.05) is 199 Å². The Morgan fingerprint density at radius 1 is 0.552 bits per heavy atom. The number of carboxylic acid groups (broad SMARTS) is 1. The van der Waals surface area contributed by atoms with E-state index in [1.165, 1.54) is 154 Å². The Balaban J connectivity index is 4.24. The summed E-state index contributed by atoms with van der Waals surface area (Å²) >= 11 is 0. The van der Waals surface area contributed by atoms with Crippen LogP contribution in [0.3, 0.4) is 0 Å². The van der Waals surface area contributed by atoms with E-state index in [-0.39, 0.29) is 19.4 Å². The molecular weight excluding hydrogens is 757 g/mol. The molecule has 1 unspecified atom stereocenters. The fourth-order valence-corrected chi connectivity index (χ4v) is 7.71. The maximum Gasteiger partial charge on any atom is 0.472 e. The molecule has 0 fully saturated rings. The molecular formula is C46H88NO10P. The molecule has 0 saturated heterocycles. The van der Waals surface area contributed by atoms with Crippen molar-refractivity contribution in [1.29, 1.82) is 0 Å². The summed E-state index contributed by atoms with van der Waals surface area (Å²) in [5, 5.41) is 8.90. The molecule has 12 heteroatoms. The van der Waals surface area contributed by atoms with Gasteiger partial charge in [-0.25, -0.2) is 4.57 Å². The van der Waals surface area contributed by atoms with Crippen molar-refractivity contribution in [2.45, 2.75) is 244 Å². The summed E-state index contributed by atoms with van der Waals surface area (Å²) in [4.78, 5) is 46.0. The van der Waals surface area contributed by atoms with Crippen LogP contribution in [0.4, 0.5) is 0 Å². The molecule has 0 rings (SSSR count). The van der Waals surface area contributed by atoms with Crippen LogP contribution in [0.5, 0.6) is 0 Å². The molecule has 0 aliphatic carbocycles. The van der Waals surface area contributed by atoms with Crippen LogP contribution in [0.1, 0.15) is 232 Å². The second kappa shape index (κ2) is 41.9. The second-order valence-electron chi connectivity index (χ2n) is 16.3. The highest BCUT2D eigenvalue weighted by molar-refractivity contribution is 7.47. The van der Waals surface area contributed by atoms with Gasteiger partial charge in [0.05, 0.1) is 13.2 Å². The second-order valence-corrected chi connectivity index (χ2v) is 17.8. The minimum absolute atomic E-state index is 0.167. The number of esters is 2. The van der Waals surface area contributed by atoms with E-state index in [0.717, 1.165) is 44.9 Å². The molecule has 0 saturated carbocycles. The van der Waals surface area contributed by atoms with Crippen molar-refractivity contribution in [2.24, 2.45) is 5.73 Å². The zero-order valence-corrected chi connectivity index (χ0v) is 37.9. The number of unbranched alkanes of at least 4 members (excludes halogenated alkanes) is 31. The average Bonchev–Trinajstić information content (AvgIpc) is 3.20. The van der Waals surface area contributed by atoms with Crippen LogP contribution in [-0.4, -0.2) is 59.9 Å².